The average Bonchev–Trinajstić information content (AvgIpc) is 3.31. The van der Waals surface area contributed by atoms with Gasteiger partial charge in [0.1, 0.15) is 12.4 Å². The minimum atomic E-state index is -0.811. The molecule has 3 aromatic rings. The van der Waals surface area contributed by atoms with Gasteiger partial charge < -0.3 is 19.3 Å². The highest BCUT2D eigenvalue weighted by atomic mass is 16.5. The van der Waals surface area contributed by atoms with Crippen molar-refractivity contribution in [2.24, 2.45) is 0 Å². The van der Waals surface area contributed by atoms with Crippen LogP contribution in [0.3, 0.4) is 0 Å². The number of methoxy groups -OCH3 is 1. The number of aryl methyl sites for hydroxylation is 3. The lowest BCUT2D eigenvalue weighted by Crippen LogP contribution is -2.37. The van der Waals surface area contributed by atoms with Gasteiger partial charge in [0, 0.05) is 38.4 Å². The van der Waals surface area contributed by atoms with Gasteiger partial charge in [0.2, 0.25) is 0 Å². The molecule has 0 amide bonds. The lowest BCUT2D eigenvalue weighted by Gasteiger charge is -2.27. The molecule has 194 valence electrons. The molecule has 1 fully saturated rings. The Labute approximate surface area is 214 Å². The van der Waals surface area contributed by atoms with Gasteiger partial charge in [-0.25, -0.2) is 0 Å². The van der Waals surface area contributed by atoms with Gasteiger partial charge in [0.25, 0.3) is 0 Å². The first-order chi connectivity index (χ1) is 17.4. The van der Waals surface area contributed by atoms with Gasteiger partial charge in [0.05, 0.1) is 19.3 Å². The fraction of sp³-hybridized carbons (Fsp3) is 0.483. The van der Waals surface area contributed by atoms with E-state index in [1.165, 1.54) is 11.1 Å². The number of hydrogen-bond acceptors (Lipinski definition) is 6. The summed E-state index contributed by atoms with van der Waals surface area (Å²) in [6.45, 7) is 8.43. The number of aromatic nitrogens is 2. The van der Waals surface area contributed by atoms with Gasteiger partial charge in [-0.3, -0.25) is 9.58 Å². The predicted molar refractivity (Wildman–Crippen MR) is 141 cm³/mol. The van der Waals surface area contributed by atoms with Gasteiger partial charge in [-0.05, 0) is 75.0 Å². The smallest absolute Gasteiger partial charge is 0.161 e. The molecule has 0 bridgehead atoms. The number of benzene rings is 2. The quantitative estimate of drug-likeness (QED) is 0.388. The Morgan fingerprint density at radius 1 is 1.00 bits per heavy atom. The molecule has 7 nitrogen and oxygen atoms in total. The highest BCUT2D eigenvalue weighted by Crippen LogP contribution is 2.30. The van der Waals surface area contributed by atoms with E-state index in [2.05, 4.69) is 35.1 Å². The summed E-state index contributed by atoms with van der Waals surface area (Å²) in [6.07, 6.45) is 6.96. The minimum absolute atomic E-state index is 0.323. The molecule has 0 unspecified atom stereocenters. The number of hydrogen-bond donors (Lipinski definition) is 1. The summed E-state index contributed by atoms with van der Waals surface area (Å²) >= 11 is 0. The highest BCUT2D eigenvalue weighted by molar-refractivity contribution is 5.43. The van der Waals surface area contributed by atoms with Crippen LogP contribution in [0.15, 0.2) is 54.9 Å². The molecular formula is C29H39N3O4. The van der Waals surface area contributed by atoms with E-state index in [9.17, 15) is 5.11 Å². The van der Waals surface area contributed by atoms with Crippen molar-refractivity contribution in [3.05, 3.63) is 71.5 Å². The van der Waals surface area contributed by atoms with E-state index in [-0.39, 0.29) is 0 Å². The maximum Gasteiger partial charge on any atom is 0.161 e. The van der Waals surface area contributed by atoms with Crippen molar-refractivity contribution in [2.45, 2.75) is 58.2 Å². The minimum Gasteiger partial charge on any atom is -0.493 e. The second-order valence-electron chi connectivity index (χ2n) is 9.87. The zero-order chi connectivity index (χ0) is 25.4. The van der Waals surface area contributed by atoms with Crippen LogP contribution in [-0.2, 0) is 13.1 Å². The normalized spacial score (nSPS) is 18.6. The summed E-state index contributed by atoms with van der Waals surface area (Å²) < 4.78 is 19.5. The summed E-state index contributed by atoms with van der Waals surface area (Å²) in [7, 11) is 1.67. The van der Waals surface area contributed by atoms with E-state index in [0.29, 0.717) is 19.6 Å². The molecule has 1 saturated heterocycles. The van der Waals surface area contributed by atoms with Gasteiger partial charge >= 0.3 is 0 Å². The van der Waals surface area contributed by atoms with Gasteiger partial charge in [0.15, 0.2) is 11.5 Å². The third-order valence-electron chi connectivity index (χ3n) is 6.82. The topological polar surface area (TPSA) is 69.0 Å². The van der Waals surface area contributed by atoms with Crippen molar-refractivity contribution >= 4 is 0 Å². The Hall–Kier alpha value is -3.03. The molecule has 1 atom stereocenters. The predicted octanol–water partition coefficient (Wildman–Crippen LogP) is 4.77. The van der Waals surface area contributed by atoms with Gasteiger partial charge in [-0.1, -0.05) is 23.8 Å². The summed E-state index contributed by atoms with van der Waals surface area (Å²) in [5.74, 6) is 2.36. The number of nitrogens with zero attached hydrogens (tertiary/aromatic N) is 3. The summed E-state index contributed by atoms with van der Waals surface area (Å²) in [4.78, 5) is 2.40. The van der Waals surface area contributed by atoms with Crippen molar-refractivity contribution in [3.63, 3.8) is 0 Å². The Balaban J connectivity index is 1.29. The Morgan fingerprint density at radius 3 is 2.64 bits per heavy atom. The SMILES string of the molecule is COc1ccc(CN2CCC[C@@](O)(COc3ccc(C)cc3C)CC2)cc1OCCCn1cccn1. The molecule has 0 aliphatic carbocycles. The van der Waals surface area contributed by atoms with E-state index in [1.54, 1.807) is 13.3 Å². The molecule has 2 aromatic carbocycles. The zero-order valence-electron chi connectivity index (χ0n) is 21.8. The van der Waals surface area contributed by atoms with Crippen LogP contribution in [-0.4, -0.2) is 58.8 Å². The van der Waals surface area contributed by atoms with Crippen molar-refractivity contribution in [1.82, 2.24) is 14.7 Å². The summed E-state index contributed by atoms with van der Waals surface area (Å²) in [5.41, 5.74) is 2.68. The molecular weight excluding hydrogens is 454 g/mol. The van der Waals surface area contributed by atoms with Crippen molar-refractivity contribution in [2.75, 3.05) is 33.4 Å². The maximum atomic E-state index is 11.2. The maximum absolute atomic E-state index is 11.2. The van der Waals surface area contributed by atoms with E-state index in [1.807, 2.05) is 42.1 Å². The first kappa shape index (κ1) is 26.0. The number of rotatable bonds is 11. The fourth-order valence-corrected chi connectivity index (χ4v) is 4.74. The van der Waals surface area contributed by atoms with E-state index in [0.717, 1.165) is 68.3 Å². The second-order valence-corrected chi connectivity index (χ2v) is 9.87. The molecule has 0 spiro atoms. The molecule has 1 aliphatic heterocycles. The van der Waals surface area contributed by atoms with E-state index >= 15 is 0 Å². The molecule has 1 aliphatic rings. The van der Waals surface area contributed by atoms with Crippen LogP contribution >= 0.6 is 0 Å². The number of aliphatic hydroxyl groups is 1. The number of likely N-dealkylation sites (tertiary alicyclic amines) is 1. The second kappa shape index (κ2) is 12.3. The molecule has 36 heavy (non-hydrogen) atoms. The van der Waals surface area contributed by atoms with Crippen molar-refractivity contribution in [3.8, 4) is 17.2 Å². The molecule has 7 heteroatoms. The first-order valence-electron chi connectivity index (χ1n) is 12.9. The van der Waals surface area contributed by atoms with Gasteiger partial charge in [-0.15, -0.1) is 0 Å². The van der Waals surface area contributed by atoms with E-state index < -0.39 is 5.60 Å². The molecule has 0 radical (unpaired) electrons. The third kappa shape index (κ3) is 7.24. The highest BCUT2D eigenvalue weighted by Gasteiger charge is 2.31. The molecule has 0 saturated carbocycles. The van der Waals surface area contributed by atoms with Crippen LogP contribution in [0.4, 0.5) is 0 Å². The fourth-order valence-electron chi connectivity index (χ4n) is 4.74. The summed E-state index contributed by atoms with van der Waals surface area (Å²) in [6, 6.07) is 14.2. The molecule has 4 rings (SSSR count). The first-order valence-corrected chi connectivity index (χ1v) is 12.9. The Bertz CT molecular complexity index is 1100. The lowest BCUT2D eigenvalue weighted by molar-refractivity contribution is -0.0170. The van der Waals surface area contributed by atoms with Crippen molar-refractivity contribution in [1.29, 1.82) is 0 Å². The van der Waals surface area contributed by atoms with Crippen LogP contribution in [0, 0.1) is 13.8 Å². The monoisotopic (exact) mass is 493 g/mol. The van der Waals surface area contributed by atoms with Crippen LogP contribution in [0.2, 0.25) is 0 Å². The van der Waals surface area contributed by atoms with Crippen LogP contribution in [0.5, 0.6) is 17.2 Å². The van der Waals surface area contributed by atoms with Gasteiger partial charge in [-0.2, -0.15) is 5.10 Å². The Morgan fingerprint density at radius 2 is 1.86 bits per heavy atom. The van der Waals surface area contributed by atoms with Crippen LogP contribution in [0.1, 0.15) is 42.4 Å². The van der Waals surface area contributed by atoms with E-state index in [4.69, 9.17) is 14.2 Å². The molecule has 2 heterocycles. The zero-order valence-corrected chi connectivity index (χ0v) is 21.8. The molecule has 1 N–H and O–H groups in total. The summed E-state index contributed by atoms with van der Waals surface area (Å²) in [5, 5.41) is 15.5. The number of ether oxygens (including phenoxy) is 3. The largest absolute Gasteiger partial charge is 0.493 e. The average molecular weight is 494 g/mol. The Kier molecular flexibility index (Phi) is 8.88. The third-order valence-corrected chi connectivity index (χ3v) is 6.82. The van der Waals surface area contributed by atoms with Crippen LogP contribution in [0.25, 0.3) is 0 Å². The standard InChI is InChI=1S/C29H39N3O4/c1-23-7-9-26(24(2)19-23)36-22-29(33)11-4-14-31(17-12-29)21-25-8-10-27(34-3)28(20-25)35-18-6-16-32-15-5-13-30-32/h5,7-10,13,15,19-20,33H,4,6,11-12,14,16-18,21-22H2,1-3H3/t29-/m0/s1. The van der Waals surface area contributed by atoms with Crippen molar-refractivity contribution < 1.29 is 19.3 Å². The molecule has 1 aromatic heterocycles. The lowest BCUT2D eigenvalue weighted by atomic mass is 9.96. The van der Waals surface area contributed by atoms with Crippen LogP contribution < -0.4 is 14.2 Å².